The highest BCUT2D eigenvalue weighted by Crippen LogP contribution is 2.26. The molecule has 0 spiro atoms. The quantitative estimate of drug-likeness (QED) is 0.765. The van der Waals surface area contributed by atoms with Crippen LogP contribution < -0.4 is 4.72 Å². The summed E-state index contributed by atoms with van der Waals surface area (Å²) >= 11 is 5.80. The van der Waals surface area contributed by atoms with Gasteiger partial charge in [-0.25, -0.2) is 17.9 Å². The Kier molecular flexibility index (Phi) is 3.82. The molecule has 0 aromatic heterocycles. The number of carbonyl (C=O) groups is 1. The van der Waals surface area contributed by atoms with E-state index in [1.807, 2.05) is 0 Å². The SMILES string of the molecule is O=C(O)c1ccc(Cl)c(S(=O)(=O)NC2CC(O)C2)c1. The molecule has 3 N–H and O–H groups in total. The van der Waals surface area contributed by atoms with Crippen LogP contribution >= 0.6 is 11.6 Å². The van der Waals surface area contributed by atoms with E-state index in [0.717, 1.165) is 6.07 Å². The lowest BCUT2D eigenvalue weighted by atomic mass is 9.91. The molecule has 19 heavy (non-hydrogen) atoms. The molecule has 1 aromatic carbocycles. The number of sulfonamides is 1. The van der Waals surface area contributed by atoms with Crippen LogP contribution in [0.5, 0.6) is 0 Å². The molecule has 1 fully saturated rings. The number of rotatable bonds is 4. The van der Waals surface area contributed by atoms with E-state index < -0.39 is 22.1 Å². The normalized spacial score (nSPS) is 22.8. The van der Waals surface area contributed by atoms with Crippen molar-refractivity contribution in [3.05, 3.63) is 28.8 Å². The van der Waals surface area contributed by atoms with Gasteiger partial charge >= 0.3 is 5.97 Å². The van der Waals surface area contributed by atoms with Crippen LogP contribution in [0.4, 0.5) is 0 Å². The highest BCUT2D eigenvalue weighted by Gasteiger charge is 2.32. The van der Waals surface area contributed by atoms with Gasteiger partial charge in [-0.1, -0.05) is 11.6 Å². The van der Waals surface area contributed by atoms with Gasteiger partial charge < -0.3 is 10.2 Å². The van der Waals surface area contributed by atoms with Gasteiger partial charge in [-0.05, 0) is 31.0 Å². The number of halogens is 1. The van der Waals surface area contributed by atoms with Crippen molar-refractivity contribution in [1.82, 2.24) is 4.72 Å². The Morgan fingerprint density at radius 1 is 1.37 bits per heavy atom. The number of aliphatic hydroxyl groups excluding tert-OH is 1. The Labute approximate surface area is 115 Å². The summed E-state index contributed by atoms with van der Waals surface area (Å²) in [7, 11) is -3.89. The van der Waals surface area contributed by atoms with Crippen molar-refractivity contribution in [2.45, 2.75) is 29.9 Å². The van der Waals surface area contributed by atoms with Crippen molar-refractivity contribution in [2.75, 3.05) is 0 Å². The van der Waals surface area contributed by atoms with Crippen LogP contribution in [0.3, 0.4) is 0 Å². The predicted octanol–water partition coefficient (Wildman–Crippen LogP) is 0.840. The zero-order valence-electron chi connectivity index (χ0n) is 9.71. The predicted molar refractivity (Wildman–Crippen MR) is 67.8 cm³/mol. The van der Waals surface area contributed by atoms with Gasteiger partial charge in [0.25, 0.3) is 0 Å². The minimum Gasteiger partial charge on any atom is -0.478 e. The lowest BCUT2D eigenvalue weighted by molar-refractivity contribution is 0.0695. The van der Waals surface area contributed by atoms with Crippen LogP contribution in [0.1, 0.15) is 23.2 Å². The topological polar surface area (TPSA) is 104 Å². The van der Waals surface area contributed by atoms with Crippen LogP contribution in [0.25, 0.3) is 0 Å². The van der Waals surface area contributed by atoms with E-state index in [-0.39, 0.29) is 21.5 Å². The maximum Gasteiger partial charge on any atom is 0.335 e. The maximum atomic E-state index is 12.1. The van der Waals surface area contributed by atoms with Crippen LogP contribution in [0, 0.1) is 0 Å². The van der Waals surface area contributed by atoms with E-state index in [1.165, 1.54) is 12.1 Å². The van der Waals surface area contributed by atoms with Crippen molar-refractivity contribution in [3.8, 4) is 0 Å². The number of carboxylic acids is 1. The first-order valence-corrected chi connectivity index (χ1v) is 7.39. The smallest absolute Gasteiger partial charge is 0.335 e. The number of carboxylic acid groups (broad SMARTS) is 1. The minimum absolute atomic E-state index is 0.0441. The van der Waals surface area contributed by atoms with Crippen LogP contribution in [-0.2, 0) is 10.0 Å². The van der Waals surface area contributed by atoms with Crippen molar-refractivity contribution >= 4 is 27.6 Å². The third kappa shape index (κ3) is 3.06. The molecule has 6 nitrogen and oxygen atoms in total. The average molecular weight is 306 g/mol. The van der Waals surface area contributed by atoms with Gasteiger partial charge in [-0.3, -0.25) is 0 Å². The van der Waals surface area contributed by atoms with Crippen LogP contribution in [0.2, 0.25) is 5.02 Å². The summed E-state index contributed by atoms with van der Waals surface area (Å²) in [6.07, 6.45) is 0.193. The fraction of sp³-hybridized carbons (Fsp3) is 0.364. The summed E-state index contributed by atoms with van der Waals surface area (Å²) in [5.74, 6) is -1.23. The highest BCUT2D eigenvalue weighted by atomic mass is 35.5. The molecule has 104 valence electrons. The van der Waals surface area contributed by atoms with Gasteiger partial charge in [0.05, 0.1) is 16.7 Å². The third-order valence-electron chi connectivity index (χ3n) is 2.90. The molecule has 1 aliphatic rings. The second-order valence-electron chi connectivity index (χ2n) is 4.39. The average Bonchev–Trinajstić information content (AvgIpc) is 2.26. The Balaban J connectivity index is 2.29. The molecular weight excluding hydrogens is 294 g/mol. The van der Waals surface area contributed by atoms with Crippen molar-refractivity contribution < 1.29 is 23.4 Å². The second-order valence-corrected chi connectivity index (χ2v) is 6.48. The first kappa shape index (κ1) is 14.3. The number of hydrogen-bond acceptors (Lipinski definition) is 4. The molecule has 0 bridgehead atoms. The van der Waals surface area contributed by atoms with E-state index in [9.17, 15) is 13.2 Å². The fourth-order valence-corrected chi connectivity index (χ4v) is 3.60. The van der Waals surface area contributed by atoms with Gasteiger partial charge in [0.1, 0.15) is 4.90 Å². The van der Waals surface area contributed by atoms with E-state index in [1.54, 1.807) is 0 Å². The lowest BCUT2D eigenvalue weighted by Gasteiger charge is -2.31. The molecule has 0 saturated heterocycles. The molecule has 0 amide bonds. The zero-order chi connectivity index (χ0) is 14.2. The van der Waals surface area contributed by atoms with Gasteiger partial charge in [-0.2, -0.15) is 0 Å². The number of nitrogens with one attached hydrogen (secondary N) is 1. The van der Waals surface area contributed by atoms with Gasteiger partial charge in [0.15, 0.2) is 0 Å². The standard InChI is InChI=1S/C11H12ClNO5S/c12-9-2-1-6(11(15)16)3-10(9)19(17,18)13-7-4-8(14)5-7/h1-3,7-8,13-14H,4-5H2,(H,15,16). The third-order valence-corrected chi connectivity index (χ3v) is 4.90. The molecule has 0 unspecified atom stereocenters. The highest BCUT2D eigenvalue weighted by molar-refractivity contribution is 7.89. The van der Waals surface area contributed by atoms with E-state index in [4.69, 9.17) is 21.8 Å². The molecular formula is C11H12ClNO5S. The monoisotopic (exact) mass is 305 g/mol. The Morgan fingerprint density at radius 2 is 2.00 bits per heavy atom. The van der Waals surface area contributed by atoms with Crippen LogP contribution in [-0.4, -0.2) is 36.7 Å². The number of aliphatic hydroxyl groups is 1. The van der Waals surface area contributed by atoms with Gasteiger partial charge in [0.2, 0.25) is 10.0 Å². The Hall–Kier alpha value is -1.15. The van der Waals surface area contributed by atoms with Gasteiger partial charge in [-0.15, -0.1) is 0 Å². The molecule has 1 aromatic rings. The van der Waals surface area contributed by atoms with E-state index in [0.29, 0.717) is 12.8 Å². The molecule has 1 saturated carbocycles. The molecule has 0 heterocycles. The largest absolute Gasteiger partial charge is 0.478 e. The van der Waals surface area contributed by atoms with Crippen molar-refractivity contribution in [2.24, 2.45) is 0 Å². The second kappa shape index (κ2) is 5.09. The summed E-state index contributed by atoms with van der Waals surface area (Å²) in [5, 5.41) is 17.9. The van der Waals surface area contributed by atoms with Crippen molar-refractivity contribution in [3.63, 3.8) is 0 Å². The number of benzene rings is 1. The first-order valence-electron chi connectivity index (χ1n) is 5.53. The summed E-state index contributed by atoms with van der Waals surface area (Å²) in [4.78, 5) is 10.6. The van der Waals surface area contributed by atoms with E-state index in [2.05, 4.69) is 4.72 Å². The Morgan fingerprint density at radius 3 is 2.53 bits per heavy atom. The summed E-state index contributed by atoms with van der Waals surface area (Å²) < 4.78 is 26.5. The van der Waals surface area contributed by atoms with E-state index >= 15 is 0 Å². The molecule has 8 heteroatoms. The lowest BCUT2D eigenvalue weighted by Crippen LogP contribution is -2.46. The number of aromatic carboxylic acids is 1. The van der Waals surface area contributed by atoms with Crippen LogP contribution in [0.15, 0.2) is 23.1 Å². The molecule has 0 atom stereocenters. The molecule has 2 rings (SSSR count). The Bertz CT molecular complexity index is 610. The maximum absolute atomic E-state index is 12.1. The first-order chi connectivity index (χ1) is 8.79. The number of hydrogen-bond donors (Lipinski definition) is 3. The molecule has 0 radical (unpaired) electrons. The summed E-state index contributed by atoms with van der Waals surface area (Å²) in [5.41, 5.74) is -0.154. The minimum atomic E-state index is -3.89. The van der Waals surface area contributed by atoms with Gasteiger partial charge in [0, 0.05) is 6.04 Å². The molecule has 1 aliphatic carbocycles. The summed E-state index contributed by atoms with van der Waals surface area (Å²) in [6, 6.07) is 3.14. The summed E-state index contributed by atoms with van der Waals surface area (Å²) in [6.45, 7) is 0. The van der Waals surface area contributed by atoms with Crippen molar-refractivity contribution in [1.29, 1.82) is 0 Å². The fourth-order valence-electron chi connectivity index (χ4n) is 1.81. The zero-order valence-corrected chi connectivity index (χ0v) is 11.3. The molecule has 0 aliphatic heterocycles.